The number of guanidine groups is 1. The molecule has 0 spiro atoms. The van der Waals surface area contributed by atoms with Gasteiger partial charge in [-0.1, -0.05) is 23.2 Å². The second-order valence-corrected chi connectivity index (χ2v) is 5.36. The fourth-order valence-electron chi connectivity index (χ4n) is 2.32. The van der Waals surface area contributed by atoms with Crippen LogP contribution in [0.5, 0.6) is 0 Å². The van der Waals surface area contributed by atoms with Gasteiger partial charge in [-0.2, -0.15) is 0 Å². The quantitative estimate of drug-likeness (QED) is 0.897. The van der Waals surface area contributed by atoms with Crippen LogP contribution in [0.15, 0.2) is 23.2 Å². The van der Waals surface area contributed by atoms with Crippen molar-refractivity contribution in [2.45, 2.75) is 24.9 Å². The largest absolute Gasteiger partial charge is 0.370 e. The molecular formula is C12H13Cl2N3. The minimum Gasteiger partial charge on any atom is -0.370 e. The fraction of sp³-hybridized carbons (Fsp3) is 0.417. The highest BCUT2D eigenvalue weighted by Crippen LogP contribution is 2.39. The summed E-state index contributed by atoms with van der Waals surface area (Å²) in [6, 6.07) is 6.22. The maximum absolute atomic E-state index is 6.24. The number of nitrogens with two attached hydrogens (primary N) is 1. The molecule has 2 aliphatic rings. The van der Waals surface area contributed by atoms with Crippen molar-refractivity contribution in [3.05, 3.63) is 33.8 Å². The SMILES string of the molecule is NC1=NCC(c2cc(Cl)ccc2Cl)N1C1CC1. The minimum absolute atomic E-state index is 0.147. The van der Waals surface area contributed by atoms with Crippen molar-refractivity contribution in [2.24, 2.45) is 10.7 Å². The molecule has 0 bridgehead atoms. The van der Waals surface area contributed by atoms with Gasteiger partial charge in [0.05, 0.1) is 12.6 Å². The van der Waals surface area contributed by atoms with E-state index < -0.39 is 0 Å². The smallest absolute Gasteiger partial charge is 0.192 e. The Morgan fingerprint density at radius 3 is 2.76 bits per heavy atom. The van der Waals surface area contributed by atoms with Gasteiger partial charge < -0.3 is 10.6 Å². The monoisotopic (exact) mass is 269 g/mol. The Labute approximate surface area is 110 Å². The highest BCUT2D eigenvalue weighted by atomic mass is 35.5. The first kappa shape index (κ1) is 11.2. The van der Waals surface area contributed by atoms with Crippen molar-refractivity contribution in [1.29, 1.82) is 0 Å². The molecule has 0 radical (unpaired) electrons. The Hall–Kier alpha value is -0.930. The molecule has 0 aromatic heterocycles. The molecule has 1 aliphatic carbocycles. The zero-order valence-electron chi connectivity index (χ0n) is 9.24. The Morgan fingerprint density at radius 1 is 1.29 bits per heavy atom. The predicted octanol–water partition coefficient (Wildman–Crippen LogP) is 2.83. The van der Waals surface area contributed by atoms with Crippen LogP contribution in [-0.2, 0) is 0 Å². The first-order chi connectivity index (χ1) is 8.16. The Morgan fingerprint density at radius 2 is 2.06 bits per heavy atom. The van der Waals surface area contributed by atoms with Crippen LogP contribution < -0.4 is 5.73 Å². The zero-order chi connectivity index (χ0) is 12.0. The number of aliphatic imine (C=N–C) groups is 1. The molecule has 3 nitrogen and oxygen atoms in total. The third-order valence-electron chi connectivity index (χ3n) is 3.28. The zero-order valence-corrected chi connectivity index (χ0v) is 10.7. The fourth-order valence-corrected chi connectivity index (χ4v) is 2.75. The van der Waals surface area contributed by atoms with E-state index in [2.05, 4.69) is 9.89 Å². The minimum atomic E-state index is 0.147. The maximum Gasteiger partial charge on any atom is 0.192 e. The molecule has 1 aromatic carbocycles. The van der Waals surface area contributed by atoms with E-state index in [9.17, 15) is 0 Å². The maximum atomic E-state index is 6.24. The van der Waals surface area contributed by atoms with Crippen molar-refractivity contribution in [3.63, 3.8) is 0 Å². The summed E-state index contributed by atoms with van der Waals surface area (Å²) in [4.78, 5) is 6.50. The summed E-state index contributed by atoms with van der Waals surface area (Å²) in [7, 11) is 0. The van der Waals surface area contributed by atoms with E-state index >= 15 is 0 Å². The summed E-state index contributed by atoms with van der Waals surface area (Å²) in [6.45, 7) is 0.669. The molecule has 1 aromatic rings. The summed E-state index contributed by atoms with van der Waals surface area (Å²) in [5.41, 5.74) is 6.96. The number of nitrogens with zero attached hydrogens (tertiary/aromatic N) is 2. The van der Waals surface area contributed by atoms with Crippen molar-refractivity contribution < 1.29 is 0 Å². The summed E-state index contributed by atoms with van der Waals surface area (Å²) in [6.07, 6.45) is 2.37. The van der Waals surface area contributed by atoms with Gasteiger partial charge in [-0.25, -0.2) is 0 Å². The average molecular weight is 270 g/mol. The molecule has 1 aliphatic heterocycles. The van der Waals surface area contributed by atoms with Gasteiger partial charge in [0.1, 0.15) is 0 Å². The van der Waals surface area contributed by atoms with Crippen LogP contribution in [0.3, 0.4) is 0 Å². The highest BCUT2D eigenvalue weighted by molar-refractivity contribution is 6.33. The molecule has 90 valence electrons. The van der Waals surface area contributed by atoms with Crippen molar-refractivity contribution in [3.8, 4) is 0 Å². The molecule has 1 heterocycles. The van der Waals surface area contributed by atoms with Gasteiger partial charge in [-0.3, -0.25) is 4.99 Å². The molecular weight excluding hydrogens is 257 g/mol. The van der Waals surface area contributed by atoms with E-state index in [0.717, 1.165) is 10.6 Å². The molecule has 0 saturated heterocycles. The lowest BCUT2D eigenvalue weighted by molar-refractivity contribution is 0.338. The predicted molar refractivity (Wildman–Crippen MR) is 70.6 cm³/mol. The van der Waals surface area contributed by atoms with Crippen LogP contribution in [-0.4, -0.2) is 23.4 Å². The third kappa shape index (κ3) is 1.98. The number of hydrogen-bond acceptors (Lipinski definition) is 3. The van der Waals surface area contributed by atoms with Crippen LogP contribution in [0, 0.1) is 0 Å². The standard InChI is InChI=1S/C12H13Cl2N3/c13-7-1-4-10(14)9(5-7)11-6-16-12(15)17(11)8-2-3-8/h1,4-5,8,11H,2-3,6H2,(H2,15,16). The molecule has 1 unspecified atom stereocenters. The summed E-state index contributed by atoms with van der Waals surface area (Å²) in [5.74, 6) is 0.633. The lowest BCUT2D eigenvalue weighted by atomic mass is 10.1. The van der Waals surface area contributed by atoms with Gasteiger partial charge >= 0.3 is 0 Å². The Balaban J connectivity index is 1.96. The number of benzene rings is 1. The Kier molecular flexibility index (Phi) is 2.68. The molecule has 17 heavy (non-hydrogen) atoms. The molecule has 1 saturated carbocycles. The normalized spacial score (nSPS) is 24.0. The molecule has 5 heteroatoms. The number of halogens is 2. The van der Waals surface area contributed by atoms with E-state index in [4.69, 9.17) is 28.9 Å². The molecule has 1 atom stereocenters. The van der Waals surface area contributed by atoms with E-state index in [1.165, 1.54) is 12.8 Å². The average Bonchev–Trinajstić information content (AvgIpc) is 3.06. The van der Waals surface area contributed by atoms with Crippen LogP contribution in [0.4, 0.5) is 0 Å². The van der Waals surface area contributed by atoms with E-state index in [0.29, 0.717) is 23.6 Å². The Bertz CT molecular complexity index is 483. The van der Waals surface area contributed by atoms with Gasteiger partial charge in [0.15, 0.2) is 5.96 Å². The van der Waals surface area contributed by atoms with E-state index in [1.807, 2.05) is 12.1 Å². The van der Waals surface area contributed by atoms with Crippen molar-refractivity contribution in [1.82, 2.24) is 4.90 Å². The topological polar surface area (TPSA) is 41.6 Å². The lowest BCUT2D eigenvalue weighted by Gasteiger charge is -2.27. The van der Waals surface area contributed by atoms with Gasteiger partial charge in [0, 0.05) is 16.1 Å². The van der Waals surface area contributed by atoms with Crippen LogP contribution in [0.2, 0.25) is 10.0 Å². The number of hydrogen-bond donors (Lipinski definition) is 1. The third-order valence-corrected chi connectivity index (χ3v) is 3.86. The van der Waals surface area contributed by atoms with E-state index in [1.54, 1.807) is 6.07 Å². The highest BCUT2D eigenvalue weighted by Gasteiger charge is 2.39. The molecule has 2 N–H and O–H groups in total. The van der Waals surface area contributed by atoms with Crippen molar-refractivity contribution >= 4 is 29.2 Å². The van der Waals surface area contributed by atoms with Gasteiger partial charge in [0.25, 0.3) is 0 Å². The summed E-state index contributed by atoms with van der Waals surface area (Å²) in [5, 5.41) is 1.43. The first-order valence-corrected chi connectivity index (χ1v) is 6.45. The second kappa shape index (κ2) is 4.07. The number of rotatable bonds is 2. The summed E-state index contributed by atoms with van der Waals surface area (Å²) >= 11 is 12.3. The molecule has 3 rings (SSSR count). The summed E-state index contributed by atoms with van der Waals surface area (Å²) < 4.78 is 0. The lowest BCUT2D eigenvalue weighted by Crippen LogP contribution is -2.37. The van der Waals surface area contributed by atoms with E-state index in [-0.39, 0.29) is 6.04 Å². The van der Waals surface area contributed by atoms with Crippen LogP contribution in [0.25, 0.3) is 0 Å². The van der Waals surface area contributed by atoms with Gasteiger partial charge in [-0.05, 0) is 36.6 Å². The molecule has 1 fully saturated rings. The van der Waals surface area contributed by atoms with Gasteiger partial charge in [0.2, 0.25) is 0 Å². The van der Waals surface area contributed by atoms with Gasteiger partial charge in [-0.15, -0.1) is 0 Å². The first-order valence-electron chi connectivity index (χ1n) is 5.70. The van der Waals surface area contributed by atoms with Crippen LogP contribution >= 0.6 is 23.2 Å². The van der Waals surface area contributed by atoms with Crippen LogP contribution in [0.1, 0.15) is 24.4 Å². The molecule has 0 amide bonds. The second-order valence-electron chi connectivity index (χ2n) is 4.52. The van der Waals surface area contributed by atoms with Crippen molar-refractivity contribution in [2.75, 3.05) is 6.54 Å².